The van der Waals surface area contributed by atoms with E-state index in [0.717, 1.165) is 0 Å². The molecule has 0 saturated heterocycles. The highest BCUT2D eigenvalue weighted by Gasteiger charge is 2.14. The van der Waals surface area contributed by atoms with Crippen molar-refractivity contribution in [1.82, 2.24) is 10.2 Å². The molecular formula is C14H21FN2O2. The number of aromatic hydroxyl groups is 1. The van der Waals surface area contributed by atoms with Gasteiger partial charge in [-0.2, -0.15) is 0 Å². The number of hydrogen-bond acceptors (Lipinski definition) is 3. The van der Waals surface area contributed by atoms with Crippen LogP contribution in [0.15, 0.2) is 18.2 Å². The summed E-state index contributed by atoms with van der Waals surface area (Å²) in [5.41, 5.74) is 0.451. The predicted octanol–water partition coefficient (Wildman–Crippen LogP) is 2.05. The van der Waals surface area contributed by atoms with Gasteiger partial charge in [-0.05, 0) is 39.0 Å². The molecule has 4 nitrogen and oxygen atoms in total. The molecule has 1 rings (SSSR count). The van der Waals surface area contributed by atoms with Gasteiger partial charge < -0.3 is 15.3 Å². The number of nitrogens with zero attached hydrogens (tertiary/aromatic N) is 1. The number of nitrogens with one attached hydrogen (secondary N) is 1. The molecule has 0 aliphatic rings. The molecule has 5 heteroatoms. The van der Waals surface area contributed by atoms with Crippen LogP contribution in [0, 0.1) is 5.82 Å². The van der Waals surface area contributed by atoms with Gasteiger partial charge >= 0.3 is 0 Å². The average molecular weight is 268 g/mol. The molecule has 0 aliphatic carbocycles. The van der Waals surface area contributed by atoms with Crippen LogP contribution in [0.1, 0.15) is 32.4 Å². The minimum atomic E-state index is -0.406. The SMILES string of the molecule is CCN(CC)C(=O)CNC(C)c1cc(F)ccc1O. The van der Waals surface area contributed by atoms with Crippen molar-refractivity contribution < 1.29 is 14.3 Å². The molecule has 0 aromatic heterocycles. The van der Waals surface area contributed by atoms with Gasteiger partial charge in [-0.25, -0.2) is 4.39 Å². The Morgan fingerprint density at radius 3 is 2.63 bits per heavy atom. The van der Waals surface area contributed by atoms with E-state index >= 15 is 0 Å². The molecule has 1 amide bonds. The number of rotatable bonds is 6. The highest BCUT2D eigenvalue weighted by Crippen LogP contribution is 2.24. The van der Waals surface area contributed by atoms with E-state index in [1.54, 1.807) is 11.8 Å². The zero-order valence-electron chi connectivity index (χ0n) is 11.6. The van der Waals surface area contributed by atoms with E-state index in [1.807, 2.05) is 13.8 Å². The van der Waals surface area contributed by atoms with Crippen LogP contribution < -0.4 is 5.32 Å². The number of phenolic OH excluding ortho intramolecular Hbond substituents is 1. The molecule has 1 aromatic rings. The Hall–Kier alpha value is -1.62. The number of hydrogen-bond donors (Lipinski definition) is 2. The van der Waals surface area contributed by atoms with Crippen molar-refractivity contribution in [2.75, 3.05) is 19.6 Å². The number of amides is 1. The minimum Gasteiger partial charge on any atom is -0.508 e. The molecule has 0 heterocycles. The summed E-state index contributed by atoms with van der Waals surface area (Å²) in [5.74, 6) is -0.388. The number of halogens is 1. The summed E-state index contributed by atoms with van der Waals surface area (Å²) in [7, 11) is 0. The lowest BCUT2D eigenvalue weighted by Crippen LogP contribution is -2.38. The Bertz CT molecular complexity index is 433. The van der Waals surface area contributed by atoms with E-state index in [0.29, 0.717) is 18.7 Å². The van der Waals surface area contributed by atoms with Crippen molar-refractivity contribution in [2.24, 2.45) is 0 Å². The lowest BCUT2D eigenvalue weighted by molar-refractivity contribution is -0.129. The Morgan fingerprint density at radius 1 is 1.42 bits per heavy atom. The predicted molar refractivity (Wildman–Crippen MR) is 72.4 cm³/mol. The topological polar surface area (TPSA) is 52.6 Å². The van der Waals surface area contributed by atoms with Crippen LogP contribution in [0.3, 0.4) is 0 Å². The first kappa shape index (κ1) is 15.4. The van der Waals surface area contributed by atoms with Gasteiger partial charge in [0.2, 0.25) is 5.91 Å². The average Bonchev–Trinajstić information content (AvgIpc) is 2.40. The van der Waals surface area contributed by atoms with Crippen LogP contribution in [0.4, 0.5) is 4.39 Å². The maximum Gasteiger partial charge on any atom is 0.236 e. The molecular weight excluding hydrogens is 247 g/mol. The normalized spacial score (nSPS) is 12.2. The fourth-order valence-corrected chi connectivity index (χ4v) is 1.91. The van der Waals surface area contributed by atoms with Gasteiger partial charge in [-0.1, -0.05) is 0 Å². The van der Waals surface area contributed by atoms with Crippen molar-refractivity contribution in [3.8, 4) is 5.75 Å². The Morgan fingerprint density at radius 2 is 2.05 bits per heavy atom. The number of benzene rings is 1. The van der Waals surface area contributed by atoms with Gasteiger partial charge in [0, 0.05) is 24.7 Å². The van der Waals surface area contributed by atoms with Gasteiger partial charge in [-0.3, -0.25) is 4.79 Å². The summed E-state index contributed by atoms with van der Waals surface area (Å²) in [4.78, 5) is 13.5. The molecule has 0 spiro atoms. The standard InChI is InChI=1S/C14H21FN2O2/c1-4-17(5-2)14(19)9-16-10(3)12-8-11(15)6-7-13(12)18/h6-8,10,16,18H,4-5,9H2,1-3H3. The fraction of sp³-hybridized carbons (Fsp3) is 0.500. The van der Waals surface area contributed by atoms with Crippen LogP contribution in [0.2, 0.25) is 0 Å². The quantitative estimate of drug-likeness (QED) is 0.830. The molecule has 0 radical (unpaired) electrons. The maximum absolute atomic E-state index is 13.1. The molecule has 1 unspecified atom stereocenters. The number of likely N-dealkylation sites (N-methyl/N-ethyl adjacent to an activating group) is 1. The second-order valence-corrected chi connectivity index (χ2v) is 4.37. The van der Waals surface area contributed by atoms with Gasteiger partial charge in [-0.15, -0.1) is 0 Å². The molecule has 106 valence electrons. The van der Waals surface area contributed by atoms with Crippen molar-refractivity contribution >= 4 is 5.91 Å². The summed E-state index contributed by atoms with van der Waals surface area (Å²) in [6.07, 6.45) is 0. The van der Waals surface area contributed by atoms with Crippen molar-refractivity contribution in [3.05, 3.63) is 29.6 Å². The second kappa shape index (κ2) is 7.09. The van der Waals surface area contributed by atoms with E-state index < -0.39 is 5.82 Å². The van der Waals surface area contributed by atoms with Crippen LogP contribution in [0.5, 0.6) is 5.75 Å². The van der Waals surface area contributed by atoms with E-state index in [-0.39, 0.29) is 24.2 Å². The van der Waals surface area contributed by atoms with E-state index in [1.165, 1.54) is 18.2 Å². The Balaban J connectivity index is 2.62. The van der Waals surface area contributed by atoms with E-state index in [2.05, 4.69) is 5.32 Å². The molecule has 2 N–H and O–H groups in total. The van der Waals surface area contributed by atoms with Crippen molar-refractivity contribution in [2.45, 2.75) is 26.8 Å². The van der Waals surface area contributed by atoms with Crippen LogP contribution in [0.25, 0.3) is 0 Å². The molecule has 0 aliphatic heterocycles. The van der Waals surface area contributed by atoms with E-state index in [4.69, 9.17) is 0 Å². The molecule has 0 fully saturated rings. The first-order valence-electron chi connectivity index (χ1n) is 6.49. The van der Waals surface area contributed by atoms with Gasteiger partial charge in [0.15, 0.2) is 0 Å². The minimum absolute atomic E-state index is 0.00672. The second-order valence-electron chi connectivity index (χ2n) is 4.37. The molecule has 0 bridgehead atoms. The smallest absolute Gasteiger partial charge is 0.236 e. The van der Waals surface area contributed by atoms with Crippen LogP contribution in [-0.4, -0.2) is 35.5 Å². The van der Waals surface area contributed by atoms with Crippen molar-refractivity contribution in [3.63, 3.8) is 0 Å². The summed E-state index contributed by atoms with van der Waals surface area (Å²) >= 11 is 0. The van der Waals surface area contributed by atoms with Crippen molar-refractivity contribution in [1.29, 1.82) is 0 Å². The highest BCUT2D eigenvalue weighted by atomic mass is 19.1. The number of carbonyl (C=O) groups is 1. The Kier molecular flexibility index (Phi) is 5.76. The molecule has 1 aromatic carbocycles. The number of carbonyl (C=O) groups excluding carboxylic acids is 1. The highest BCUT2D eigenvalue weighted by molar-refractivity contribution is 5.78. The summed E-state index contributed by atoms with van der Waals surface area (Å²) in [5, 5.41) is 12.7. The first-order valence-corrected chi connectivity index (χ1v) is 6.49. The van der Waals surface area contributed by atoms with E-state index in [9.17, 15) is 14.3 Å². The third kappa shape index (κ3) is 4.21. The molecule has 1 atom stereocenters. The lowest BCUT2D eigenvalue weighted by Gasteiger charge is -2.21. The third-order valence-corrected chi connectivity index (χ3v) is 3.13. The Labute approximate surface area is 113 Å². The molecule has 0 saturated carbocycles. The maximum atomic E-state index is 13.1. The van der Waals surface area contributed by atoms with Gasteiger partial charge in [0.25, 0.3) is 0 Å². The summed E-state index contributed by atoms with van der Waals surface area (Å²) in [6, 6.07) is 3.49. The first-order chi connectivity index (χ1) is 8.99. The number of phenols is 1. The van der Waals surface area contributed by atoms with Gasteiger partial charge in [0.1, 0.15) is 11.6 Å². The largest absolute Gasteiger partial charge is 0.508 e. The molecule has 19 heavy (non-hydrogen) atoms. The fourth-order valence-electron chi connectivity index (χ4n) is 1.91. The monoisotopic (exact) mass is 268 g/mol. The summed E-state index contributed by atoms with van der Waals surface area (Å²) < 4.78 is 13.1. The third-order valence-electron chi connectivity index (χ3n) is 3.13. The zero-order valence-corrected chi connectivity index (χ0v) is 11.6. The zero-order chi connectivity index (χ0) is 14.4. The van der Waals surface area contributed by atoms with Crippen LogP contribution >= 0.6 is 0 Å². The lowest BCUT2D eigenvalue weighted by atomic mass is 10.1. The van der Waals surface area contributed by atoms with Gasteiger partial charge in [0.05, 0.1) is 6.54 Å². The summed E-state index contributed by atoms with van der Waals surface area (Å²) in [6.45, 7) is 7.11. The van der Waals surface area contributed by atoms with Crippen LogP contribution in [-0.2, 0) is 4.79 Å².